The van der Waals surface area contributed by atoms with Crippen LogP contribution in [0.2, 0.25) is 0 Å². The average Bonchev–Trinajstić information content (AvgIpc) is 2.53. The van der Waals surface area contributed by atoms with Crippen molar-refractivity contribution >= 4 is 16.0 Å². The number of hydrogen-bond donors (Lipinski definition) is 1. The van der Waals surface area contributed by atoms with E-state index >= 15 is 0 Å². The van der Waals surface area contributed by atoms with E-state index in [2.05, 4.69) is 0 Å². The van der Waals surface area contributed by atoms with Gasteiger partial charge in [-0.2, -0.15) is 0 Å². The molecule has 2 aromatic carbocycles. The molecule has 0 atom stereocenters. The molecule has 0 bridgehead atoms. The van der Waals surface area contributed by atoms with Gasteiger partial charge in [0.25, 0.3) is 10.0 Å². The maximum absolute atomic E-state index is 12.6. The van der Waals surface area contributed by atoms with Gasteiger partial charge in [-0.15, -0.1) is 0 Å². The predicted octanol–water partition coefficient (Wildman–Crippen LogP) is 2.07. The minimum atomic E-state index is -3.83. The summed E-state index contributed by atoms with van der Waals surface area (Å²) < 4.78 is 26.1. The molecular weight excluding hydrogens is 318 g/mol. The number of aliphatic carboxylic acids is 1. The zero-order valence-corrected chi connectivity index (χ0v) is 13.4. The fourth-order valence-electron chi connectivity index (χ4n) is 2.05. The van der Waals surface area contributed by atoms with E-state index in [4.69, 9.17) is 9.94 Å². The van der Waals surface area contributed by atoms with Gasteiger partial charge in [0.05, 0.1) is 25.0 Å². The van der Waals surface area contributed by atoms with Crippen LogP contribution in [-0.4, -0.2) is 31.1 Å². The number of rotatable bonds is 7. The van der Waals surface area contributed by atoms with E-state index in [9.17, 15) is 13.2 Å². The Hall–Kier alpha value is -2.22. The lowest BCUT2D eigenvalue weighted by Gasteiger charge is -2.19. The standard InChI is InChI=1S/C16H17NO5S/c1-22-17(12-14-5-3-2-4-6-14)23(20,21)15-9-7-13(8-10-15)11-16(18)19/h2-10H,11-12H2,1H3,(H,18,19). The van der Waals surface area contributed by atoms with Gasteiger partial charge in [-0.05, 0) is 23.3 Å². The largest absolute Gasteiger partial charge is 0.481 e. The molecular formula is C16H17NO5S. The number of hydroxylamine groups is 1. The second-order valence-electron chi connectivity index (χ2n) is 4.85. The number of benzene rings is 2. The van der Waals surface area contributed by atoms with Crippen LogP contribution in [0, 0.1) is 0 Å². The Morgan fingerprint density at radius 1 is 1.04 bits per heavy atom. The van der Waals surface area contributed by atoms with Crippen molar-refractivity contribution in [2.45, 2.75) is 17.9 Å². The molecule has 0 saturated heterocycles. The Kier molecular flexibility index (Phi) is 5.49. The highest BCUT2D eigenvalue weighted by Gasteiger charge is 2.24. The van der Waals surface area contributed by atoms with Crippen LogP contribution in [0.25, 0.3) is 0 Å². The summed E-state index contributed by atoms with van der Waals surface area (Å²) in [6.07, 6.45) is -0.154. The van der Waals surface area contributed by atoms with Crippen LogP contribution in [0.1, 0.15) is 11.1 Å². The fourth-order valence-corrected chi connectivity index (χ4v) is 3.28. The predicted molar refractivity (Wildman–Crippen MR) is 84.0 cm³/mol. The van der Waals surface area contributed by atoms with Gasteiger partial charge in [-0.1, -0.05) is 46.9 Å². The van der Waals surface area contributed by atoms with Crippen molar-refractivity contribution in [3.8, 4) is 0 Å². The van der Waals surface area contributed by atoms with E-state index in [1.807, 2.05) is 18.2 Å². The quantitative estimate of drug-likeness (QED) is 0.783. The van der Waals surface area contributed by atoms with Gasteiger partial charge < -0.3 is 5.11 Å². The third kappa shape index (κ3) is 4.38. The van der Waals surface area contributed by atoms with Crippen molar-refractivity contribution in [2.24, 2.45) is 0 Å². The Morgan fingerprint density at radius 2 is 1.65 bits per heavy atom. The third-order valence-electron chi connectivity index (χ3n) is 3.20. The summed E-state index contributed by atoms with van der Waals surface area (Å²) in [5.74, 6) is -0.969. The third-order valence-corrected chi connectivity index (χ3v) is 4.89. The van der Waals surface area contributed by atoms with Gasteiger partial charge >= 0.3 is 5.97 Å². The minimum Gasteiger partial charge on any atom is -0.481 e. The van der Waals surface area contributed by atoms with E-state index in [1.165, 1.54) is 31.4 Å². The van der Waals surface area contributed by atoms with Gasteiger partial charge in [-0.25, -0.2) is 8.42 Å². The molecule has 0 radical (unpaired) electrons. The maximum Gasteiger partial charge on any atom is 0.307 e. The highest BCUT2D eigenvalue weighted by molar-refractivity contribution is 7.89. The van der Waals surface area contributed by atoms with Gasteiger partial charge in [0.15, 0.2) is 0 Å². The van der Waals surface area contributed by atoms with Gasteiger partial charge in [0.2, 0.25) is 0 Å². The Balaban J connectivity index is 2.22. The molecule has 122 valence electrons. The first kappa shape index (κ1) is 17.1. The lowest BCUT2D eigenvalue weighted by molar-refractivity contribution is -0.136. The monoisotopic (exact) mass is 335 g/mol. The number of nitrogens with zero attached hydrogens (tertiary/aromatic N) is 1. The maximum atomic E-state index is 12.6. The molecule has 0 aliphatic rings. The summed E-state index contributed by atoms with van der Waals surface area (Å²) in [5, 5.41) is 8.74. The molecule has 0 aromatic heterocycles. The first-order valence-corrected chi connectivity index (χ1v) is 8.29. The number of carboxylic acid groups (broad SMARTS) is 1. The van der Waals surface area contributed by atoms with Crippen molar-refractivity contribution < 1.29 is 23.2 Å². The number of carbonyl (C=O) groups is 1. The highest BCUT2D eigenvalue weighted by atomic mass is 32.2. The van der Waals surface area contributed by atoms with E-state index in [0.717, 1.165) is 10.0 Å². The summed E-state index contributed by atoms with van der Waals surface area (Å²) >= 11 is 0. The van der Waals surface area contributed by atoms with Crippen LogP contribution in [0.4, 0.5) is 0 Å². The molecule has 0 aliphatic heterocycles. The molecule has 2 aromatic rings. The van der Waals surface area contributed by atoms with E-state index < -0.39 is 16.0 Å². The number of hydrogen-bond acceptors (Lipinski definition) is 4. The van der Waals surface area contributed by atoms with E-state index in [1.54, 1.807) is 12.1 Å². The van der Waals surface area contributed by atoms with Crippen molar-refractivity contribution in [3.63, 3.8) is 0 Å². The van der Waals surface area contributed by atoms with Crippen LogP contribution in [0.5, 0.6) is 0 Å². The topological polar surface area (TPSA) is 83.9 Å². The second kappa shape index (κ2) is 7.36. The Labute approximate surface area is 134 Å². The Bertz CT molecular complexity index is 757. The molecule has 0 aliphatic carbocycles. The number of sulfonamides is 1. The smallest absolute Gasteiger partial charge is 0.307 e. The highest BCUT2D eigenvalue weighted by Crippen LogP contribution is 2.19. The van der Waals surface area contributed by atoms with Crippen LogP contribution < -0.4 is 0 Å². The van der Waals surface area contributed by atoms with Crippen LogP contribution in [0.3, 0.4) is 0 Å². The van der Waals surface area contributed by atoms with Gasteiger partial charge in [-0.3, -0.25) is 9.63 Å². The molecule has 0 spiro atoms. The zero-order valence-electron chi connectivity index (χ0n) is 12.5. The van der Waals surface area contributed by atoms with Crippen LogP contribution >= 0.6 is 0 Å². The minimum absolute atomic E-state index is 0.0458. The lowest BCUT2D eigenvalue weighted by Crippen LogP contribution is -2.29. The molecule has 0 heterocycles. The lowest BCUT2D eigenvalue weighted by atomic mass is 10.2. The normalized spacial score (nSPS) is 11.6. The average molecular weight is 335 g/mol. The molecule has 0 fully saturated rings. The second-order valence-corrected chi connectivity index (χ2v) is 6.68. The fraction of sp³-hybridized carbons (Fsp3) is 0.188. The molecule has 2 rings (SSSR count). The molecule has 0 unspecified atom stereocenters. The van der Waals surface area contributed by atoms with Crippen molar-refractivity contribution in [3.05, 3.63) is 65.7 Å². The molecule has 23 heavy (non-hydrogen) atoms. The first-order valence-electron chi connectivity index (χ1n) is 6.85. The molecule has 7 heteroatoms. The molecule has 0 amide bonds. The summed E-state index contributed by atoms with van der Waals surface area (Å²) in [6, 6.07) is 14.8. The van der Waals surface area contributed by atoms with Gasteiger partial charge in [0, 0.05) is 0 Å². The van der Waals surface area contributed by atoms with Crippen molar-refractivity contribution in [1.82, 2.24) is 4.47 Å². The molecule has 0 saturated carbocycles. The van der Waals surface area contributed by atoms with E-state index in [0.29, 0.717) is 5.56 Å². The van der Waals surface area contributed by atoms with E-state index in [-0.39, 0.29) is 17.9 Å². The molecule has 1 N–H and O–H groups in total. The summed E-state index contributed by atoms with van der Waals surface area (Å²) in [7, 11) is -2.54. The van der Waals surface area contributed by atoms with Crippen molar-refractivity contribution in [1.29, 1.82) is 0 Å². The summed E-state index contributed by atoms with van der Waals surface area (Å²) in [4.78, 5) is 15.7. The van der Waals surface area contributed by atoms with Crippen LogP contribution in [-0.2, 0) is 32.6 Å². The summed E-state index contributed by atoms with van der Waals surface area (Å²) in [6.45, 7) is 0.0799. The first-order chi connectivity index (χ1) is 10.9. The van der Waals surface area contributed by atoms with Crippen LogP contribution in [0.15, 0.2) is 59.5 Å². The SMILES string of the molecule is CON(Cc1ccccc1)S(=O)(=O)c1ccc(CC(=O)O)cc1. The molecule has 6 nitrogen and oxygen atoms in total. The van der Waals surface area contributed by atoms with Crippen molar-refractivity contribution in [2.75, 3.05) is 7.11 Å². The summed E-state index contributed by atoms with van der Waals surface area (Å²) in [5.41, 5.74) is 1.32. The zero-order chi connectivity index (χ0) is 16.9. The number of carboxylic acids is 1. The van der Waals surface area contributed by atoms with Gasteiger partial charge in [0.1, 0.15) is 0 Å². The Morgan fingerprint density at radius 3 is 2.17 bits per heavy atom.